The topological polar surface area (TPSA) is 143 Å². The quantitative estimate of drug-likeness (QED) is 0.132. The number of carbonyl (C=O) groups is 4. The van der Waals surface area contributed by atoms with Crippen molar-refractivity contribution in [2.75, 3.05) is 26.3 Å². The number of fused-ring (bicyclic) bond motifs is 1. The summed E-state index contributed by atoms with van der Waals surface area (Å²) < 4.78 is 16.5. The zero-order valence-corrected chi connectivity index (χ0v) is 24.5. The summed E-state index contributed by atoms with van der Waals surface area (Å²) in [7, 11) is 0. The molecule has 1 aromatic carbocycles. The highest BCUT2D eigenvalue weighted by atomic mass is 32.2. The second-order valence-electron chi connectivity index (χ2n) is 8.58. The van der Waals surface area contributed by atoms with Gasteiger partial charge in [-0.3, -0.25) is 14.4 Å². The summed E-state index contributed by atoms with van der Waals surface area (Å²) >= 11 is 2.12. The molecule has 1 aromatic rings. The third kappa shape index (κ3) is 8.87. The van der Waals surface area contributed by atoms with Gasteiger partial charge in [-0.1, -0.05) is 63.7 Å². The molecule has 0 bridgehead atoms. The molecule has 1 heterocycles. The number of ether oxygens (including phenoxy) is 3. The van der Waals surface area contributed by atoms with E-state index in [0.717, 1.165) is 42.4 Å². The van der Waals surface area contributed by atoms with Crippen LogP contribution in [0.15, 0.2) is 44.4 Å². The molecule has 12 heteroatoms. The van der Waals surface area contributed by atoms with Crippen LogP contribution in [0.3, 0.4) is 0 Å². The van der Waals surface area contributed by atoms with Crippen molar-refractivity contribution in [3.8, 4) is 17.6 Å². The summed E-state index contributed by atoms with van der Waals surface area (Å²) in [6.07, 6.45) is 4.28. The molecule has 1 N–H and O–H groups in total. The van der Waals surface area contributed by atoms with E-state index < -0.39 is 17.8 Å². The number of rotatable bonds is 15. The molecule has 40 heavy (non-hydrogen) atoms. The predicted octanol–water partition coefficient (Wildman–Crippen LogP) is 4.61. The molecule has 0 radical (unpaired) electrons. The minimum absolute atomic E-state index is 0.0574. The van der Waals surface area contributed by atoms with Crippen LogP contribution >= 0.6 is 23.5 Å². The van der Waals surface area contributed by atoms with Gasteiger partial charge in [-0.05, 0) is 25.0 Å². The van der Waals surface area contributed by atoms with Gasteiger partial charge in [0.25, 0.3) is 5.91 Å². The fourth-order valence-electron chi connectivity index (χ4n) is 3.60. The van der Waals surface area contributed by atoms with Crippen molar-refractivity contribution in [2.45, 2.75) is 62.7 Å². The van der Waals surface area contributed by atoms with E-state index in [4.69, 9.17) is 14.2 Å². The molecule has 1 aliphatic rings. The molecular weight excluding hydrogens is 556 g/mol. The molecule has 1 unspecified atom stereocenters. The fourth-order valence-corrected chi connectivity index (χ4v) is 6.17. The van der Waals surface area contributed by atoms with Crippen LogP contribution in [0.2, 0.25) is 0 Å². The first-order chi connectivity index (χ1) is 19.2. The molecule has 0 saturated heterocycles. The van der Waals surface area contributed by atoms with Crippen molar-refractivity contribution in [1.82, 2.24) is 4.90 Å². The van der Waals surface area contributed by atoms with Crippen LogP contribution in [0.4, 0.5) is 0 Å². The lowest BCUT2D eigenvalue weighted by Gasteiger charge is -2.21. The van der Waals surface area contributed by atoms with E-state index in [1.165, 1.54) is 17.0 Å². The monoisotopic (exact) mass is 590 g/mol. The van der Waals surface area contributed by atoms with Crippen molar-refractivity contribution in [3.63, 3.8) is 0 Å². The number of thioether (sulfide) groups is 2. The van der Waals surface area contributed by atoms with Gasteiger partial charge in [0.05, 0.1) is 33.1 Å². The number of benzene rings is 1. The lowest BCUT2D eigenvalue weighted by Crippen LogP contribution is -2.37. The molecule has 216 valence electrons. The second-order valence-corrected chi connectivity index (χ2v) is 10.9. The standard InChI is InChI=1S/C28H34N2O8S2/c1-5-9-10-18(6-2)27(35)38-21-12-11-20(37-23(33)8-4)24-25(21)40-28(39-24)19(17-29)26(34)30(13-15-31)14-16-36-22(32)7-3/h7,11-12,18,31H,3,5-6,8-10,13-16H2,1-2,4H3/b28-19+. The van der Waals surface area contributed by atoms with Crippen LogP contribution in [0.25, 0.3) is 0 Å². The predicted molar refractivity (Wildman–Crippen MR) is 150 cm³/mol. The van der Waals surface area contributed by atoms with Crippen molar-refractivity contribution in [2.24, 2.45) is 5.92 Å². The Morgan fingerprint density at radius 2 is 1.75 bits per heavy atom. The van der Waals surface area contributed by atoms with Crippen molar-refractivity contribution in [1.29, 1.82) is 5.26 Å². The van der Waals surface area contributed by atoms with E-state index >= 15 is 0 Å². The average Bonchev–Trinajstić information content (AvgIpc) is 3.40. The first-order valence-electron chi connectivity index (χ1n) is 13.0. The summed E-state index contributed by atoms with van der Waals surface area (Å²) in [5, 5.41) is 19.4. The van der Waals surface area contributed by atoms with Crippen LogP contribution in [-0.4, -0.2) is 60.1 Å². The van der Waals surface area contributed by atoms with Crippen LogP contribution in [-0.2, 0) is 23.9 Å². The van der Waals surface area contributed by atoms with E-state index in [1.54, 1.807) is 6.92 Å². The fraction of sp³-hybridized carbons (Fsp3) is 0.464. The van der Waals surface area contributed by atoms with Gasteiger partial charge < -0.3 is 24.2 Å². The molecule has 2 rings (SSSR count). The summed E-state index contributed by atoms with van der Waals surface area (Å²) in [4.78, 5) is 51.8. The first-order valence-corrected chi connectivity index (χ1v) is 14.7. The number of carbonyl (C=O) groups excluding carboxylic acids is 4. The average molecular weight is 591 g/mol. The third-order valence-electron chi connectivity index (χ3n) is 5.84. The summed E-state index contributed by atoms with van der Waals surface area (Å²) in [5.74, 6) is -2.00. The highest BCUT2D eigenvalue weighted by Gasteiger charge is 2.33. The number of hydrogen-bond acceptors (Lipinski definition) is 11. The number of aliphatic hydroxyl groups excluding tert-OH is 1. The van der Waals surface area contributed by atoms with Gasteiger partial charge in [-0.25, -0.2) is 4.79 Å². The van der Waals surface area contributed by atoms with Crippen molar-refractivity contribution >= 4 is 47.3 Å². The van der Waals surface area contributed by atoms with Gasteiger partial charge in [-0.2, -0.15) is 5.26 Å². The maximum Gasteiger partial charge on any atom is 0.330 e. The Hall–Kier alpha value is -3.27. The molecule has 1 aliphatic heterocycles. The Labute approximate surface area is 242 Å². The molecule has 10 nitrogen and oxygen atoms in total. The molecule has 0 fully saturated rings. The third-order valence-corrected chi connectivity index (χ3v) is 8.47. The number of aliphatic hydroxyl groups is 1. The Bertz CT molecular complexity index is 1190. The Morgan fingerprint density at radius 1 is 1.10 bits per heavy atom. The molecule has 1 amide bonds. The zero-order chi connectivity index (χ0) is 29.7. The molecule has 0 saturated carbocycles. The lowest BCUT2D eigenvalue weighted by molar-refractivity contribution is -0.140. The van der Waals surface area contributed by atoms with Gasteiger partial charge in [0.2, 0.25) is 0 Å². The van der Waals surface area contributed by atoms with E-state index in [0.29, 0.717) is 26.9 Å². The van der Waals surface area contributed by atoms with E-state index in [1.807, 2.05) is 19.9 Å². The highest BCUT2D eigenvalue weighted by Crippen LogP contribution is 2.59. The Balaban J connectivity index is 2.43. The zero-order valence-electron chi connectivity index (χ0n) is 22.9. The van der Waals surface area contributed by atoms with Crippen molar-refractivity contribution < 1.29 is 38.5 Å². The smallest absolute Gasteiger partial charge is 0.330 e. The SMILES string of the molecule is C=CC(=O)OCCN(CCO)C(=O)/C(C#N)=C1\Sc2c(OC(=O)CC)ccc(OC(=O)C(CC)CCCC)c2S1. The Kier molecular flexibility index (Phi) is 13.8. The molecular formula is C28H34N2O8S2. The van der Waals surface area contributed by atoms with Crippen LogP contribution in [0.5, 0.6) is 11.5 Å². The van der Waals surface area contributed by atoms with Gasteiger partial charge >= 0.3 is 17.9 Å². The molecule has 0 aliphatic carbocycles. The highest BCUT2D eigenvalue weighted by molar-refractivity contribution is 8.24. The maximum atomic E-state index is 13.3. The van der Waals surface area contributed by atoms with Gasteiger partial charge in [0.15, 0.2) is 0 Å². The first kappa shape index (κ1) is 32.9. The number of esters is 3. The number of unbranched alkanes of at least 4 members (excludes halogenated alkanes) is 1. The lowest BCUT2D eigenvalue weighted by atomic mass is 10.00. The number of hydrogen-bond donors (Lipinski definition) is 1. The molecule has 0 aromatic heterocycles. The van der Waals surface area contributed by atoms with Crippen LogP contribution < -0.4 is 9.47 Å². The number of nitrogens with zero attached hydrogens (tertiary/aromatic N) is 2. The number of nitriles is 1. The Morgan fingerprint density at radius 3 is 2.27 bits per heavy atom. The minimum atomic E-state index is -0.676. The summed E-state index contributed by atoms with van der Waals surface area (Å²) in [6.45, 7) is 8.26. The van der Waals surface area contributed by atoms with Crippen LogP contribution in [0, 0.1) is 17.2 Å². The second kappa shape index (κ2) is 16.7. The van der Waals surface area contributed by atoms with Gasteiger partial charge in [0, 0.05) is 19.0 Å². The maximum absolute atomic E-state index is 13.3. The summed E-state index contributed by atoms with van der Waals surface area (Å²) in [5.41, 5.74) is -0.214. The minimum Gasteiger partial charge on any atom is -0.461 e. The molecule has 1 atom stereocenters. The number of amides is 1. The molecule has 0 spiro atoms. The van der Waals surface area contributed by atoms with E-state index in [2.05, 4.69) is 6.58 Å². The summed E-state index contributed by atoms with van der Waals surface area (Å²) in [6, 6.07) is 5.00. The van der Waals surface area contributed by atoms with Crippen molar-refractivity contribution in [3.05, 3.63) is 34.6 Å². The van der Waals surface area contributed by atoms with Gasteiger partial charge in [0.1, 0.15) is 29.7 Å². The van der Waals surface area contributed by atoms with Crippen LogP contribution in [0.1, 0.15) is 52.9 Å². The van der Waals surface area contributed by atoms with Gasteiger partial charge in [-0.15, -0.1) is 0 Å². The van der Waals surface area contributed by atoms with E-state index in [-0.39, 0.29) is 61.7 Å². The largest absolute Gasteiger partial charge is 0.461 e. The normalized spacial score (nSPS) is 13.9. The van der Waals surface area contributed by atoms with E-state index in [9.17, 15) is 29.5 Å².